The Hall–Kier alpha value is -1.75. The molecule has 1 saturated heterocycles. The summed E-state index contributed by atoms with van der Waals surface area (Å²) < 4.78 is 50.9. The standard InChI is InChI=1S/C20H24N2O5S3/c1-29(24,25)17-6-7-18-16(14-17)4-2-10-22(18)20(23)15-8-11-21(12-9-15)30(26,27)19-5-3-13-28-19/h3,5-7,13-15H,2,4,8-12H2,1H3. The Bertz CT molecular complexity index is 1150. The highest BCUT2D eigenvalue weighted by Crippen LogP contribution is 2.33. The van der Waals surface area contributed by atoms with Crippen molar-refractivity contribution >= 4 is 42.8 Å². The van der Waals surface area contributed by atoms with Gasteiger partial charge < -0.3 is 4.90 Å². The first-order valence-corrected chi connectivity index (χ1v) is 14.1. The van der Waals surface area contributed by atoms with E-state index in [1.54, 1.807) is 40.6 Å². The van der Waals surface area contributed by atoms with Gasteiger partial charge >= 0.3 is 0 Å². The molecule has 0 spiro atoms. The van der Waals surface area contributed by atoms with Crippen LogP contribution in [0.25, 0.3) is 0 Å². The van der Waals surface area contributed by atoms with Crippen LogP contribution in [0.1, 0.15) is 24.8 Å². The summed E-state index contributed by atoms with van der Waals surface area (Å²) >= 11 is 1.20. The van der Waals surface area contributed by atoms with E-state index in [9.17, 15) is 21.6 Å². The lowest BCUT2D eigenvalue weighted by Gasteiger charge is -2.36. The largest absolute Gasteiger partial charge is 0.312 e. The van der Waals surface area contributed by atoms with Crippen LogP contribution >= 0.6 is 11.3 Å². The molecule has 1 fully saturated rings. The van der Waals surface area contributed by atoms with Crippen LogP contribution < -0.4 is 4.90 Å². The van der Waals surface area contributed by atoms with E-state index in [1.807, 2.05) is 0 Å². The van der Waals surface area contributed by atoms with Crippen LogP contribution in [0, 0.1) is 5.92 Å². The predicted octanol–water partition coefficient (Wildman–Crippen LogP) is 2.53. The van der Waals surface area contributed by atoms with Gasteiger partial charge in [-0.3, -0.25) is 4.79 Å². The number of thiophene rings is 1. The Morgan fingerprint density at radius 3 is 2.43 bits per heavy atom. The number of hydrogen-bond donors (Lipinski definition) is 0. The van der Waals surface area contributed by atoms with Gasteiger partial charge in [0.2, 0.25) is 5.91 Å². The molecule has 1 aromatic carbocycles. The first-order valence-electron chi connectivity index (χ1n) is 9.86. The number of sulfone groups is 1. The molecule has 0 bridgehead atoms. The van der Waals surface area contributed by atoms with Crippen molar-refractivity contribution < 1.29 is 21.6 Å². The van der Waals surface area contributed by atoms with Crippen LogP contribution in [0.3, 0.4) is 0 Å². The molecule has 2 aromatic rings. The number of hydrogen-bond acceptors (Lipinski definition) is 6. The summed E-state index contributed by atoms with van der Waals surface area (Å²) in [6, 6.07) is 8.26. The molecule has 10 heteroatoms. The molecule has 3 heterocycles. The van der Waals surface area contributed by atoms with E-state index in [0.717, 1.165) is 24.1 Å². The summed E-state index contributed by atoms with van der Waals surface area (Å²) in [5.41, 5.74) is 1.64. The van der Waals surface area contributed by atoms with E-state index in [4.69, 9.17) is 0 Å². The van der Waals surface area contributed by atoms with E-state index < -0.39 is 19.9 Å². The minimum Gasteiger partial charge on any atom is -0.312 e. The first kappa shape index (κ1) is 21.5. The third kappa shape index (κ3) is 4.05. The van der Waals surface area contributed by atoms with Gasteiger partial charge in [0.15, 0.2) is 9.84 Å². The van der Waals surface area contributed by atoms with Crippen LogP contribution in [0.5, 0.6) is 0 Å². The SMILES string of the molecule is CS(=O)(=O)c1ccc2c(c1)CCCN2C(=O)C1CCN(S(=O)(=O)c2cccs2)CC1. The van der Waals surface area contributed by atoms with Gasteiger partial charge in [-0.15, -0.1) is 11.3 Å². The number of benzene rings is 1. The number of aryl methyl sites for hydroxylation is 1. The summed E-state index contributed by atoms with van der Waals surface area (Å²) in [6.45, 7) is 1.24. The van der Waals surface area contributed by atoms with Gasteiger partial charge in [0.25, 0.3) is 10.0 Å². The second kappa shape index (κ2) is 8.07. The summed E-state index contributed by atoms with van der Waals surface area (Å²) in [5.74, 6) is -0.239. The number of nitrogens with zero attached hydrogens (tertiary/aromatic N) is 2. The van der Waals surface area contributed by atoms with Crippen molar-refractivity contribution in [3.8, 4) is 0 Å². The van der Waals surface area contributed by atoms with Gasteiger partial charge in [0, 0.05) is 37.5 Å². The molecule has 0 atom stereocenters. The molecule has 0 unspecified atom stereocenters. The molecule has 0 aliphatic carbocycles. The second-order valence-corrected chi connectivity index (χ2v) is 12.9. The molecule has 2 aliphatic heterocycles. The zero-order chi connectivity index (χ0) is 21.5. The number of amides is 1. The molecule has 0 N–H and O–H groups in total. The number of piperidine rings is 1. The number of anilines is 1. The average Bonchev–Trinajstić information content (AvgIpc) is 3.28. The Balaban J connectivity index is 1.48. The fourth-order valence-electron chi connectivity index (χ4n) is 4.13. The average molecular weight is 469 g/mol. The highest BCUT2D eigenvalue weighted by Gasteiger charge is 2.35. The van der Waals surface area contributed by atoms with Crippen LogP contribution in [-0.2, 0) is 31.1 Å². The molecule has 1 aromatic heterocycles. The van der Waals surface area contributed by atoms with Gasteiger partial charge in [0.05, 0.1) is 4.90 Å². The zero-order valence-electron chi connectivity index (χ0n) is 16.7. The van der Waals surface area contributed by atoms with E-state index in [0.29, 0.717) is 36.7 Å². The van der Waals surface area contributed by atoms with Crippen molar-refractivity contribution in [1.29, 1.82) is 0 Å². The lowest BCUT2D eigenvalue weighted by molar-refractivity contribution is -0.123. The maximum Gasteiger partial charge on any atom is 0.252 e. The zero-order valence-corrected chi connectivity index (χ0v) is 19.1. The van der Waals surface area contributed by atoms with E-state index in [1.165, 1.54) is 21.9 Å². The number of sulfonamides is 1. The lowest BCUT2D eigenvalue weighted by Crippen LogP contribution is -2.45. The van der Waals surface area contributed by atoms with Crippen molar-refractivity contribution in [1.82, 2.24) is 4.31 Å². The number of rotatable bonds is 4. The molecule has 4 rings (SSSR count). The first-order chi connectivity index (χ1) is 14.2. The summed E-state index contributed by atoms with van der Waals surface area (Å²) in [7, 11) is -6.79. The molecule has 0 radical (unpaired) electrons. The fourth-order valence-corrected chi connectivity index (χ4v) is 7.42. The molecule has 2 aliphatic rings. The maximum absolute atomic E-state index is 13.2. The highest BCUT2D eigenvalue weighted by molar-refractivity contribution is 7.91. The van der Waals surface area contributed by atoms with Gasteiger partial charge in [0.1, 0.15) is 4.21 Å². The Morgan fingerprint density at radius 2 is 1.80 bits per heavy atom. The summed E-state index contributed by atoms with van der Waals surface area (Å²) in [5, 5.41) is 1.74. The Labute approximate surface area is 181 Å². The lowest BCUT2D eigenvalue weighted by atomic mass is 9.94. The molecule has 0 saturated carbocycles. The van der Waals surface area contributed by atoms with Crippen LogP contribution in [-0.4, -0.2) is 52.9 Å². The van der Waals surface area contributed by atoms with Crippen molar-refractivity contribution in [3.63, 3.8) is 0 Å². The van der Waals surface area contributed by atoms with E-state index >= 15 is 0 Å². The molecule has 1 amide bonds. The topological polar surface area (TPSA) is 91.8 Å². The van der Waals surface area contributed by atoms with E-state index in [2.05, 4.69) is 0 Å². The third-order valence-corrected chi connectivity index (χ3v) is 10.1. The Kier molecular flexibility index (Phi) is 5.78. The summed E-state index contributed by atoms with van der Waals surface area (Å²) in [4.78, 5) is 15.2. The molecular weight excluding hydrogens is 444 g/mol. The van der Waals surface area contributed by atoms with Gasteiger partial charge in [-0.05, 0) is 60.9 Å². The Morgan fingerprint density at radius 1 is 1.07 bits per heavy atom. The van der Waals surface area contributed by atoms with Crippen LogP contribution in [0.15, 0.2) is 44.8 Å². The maximum atomic E-state index is 13.2. The number of carbonyl (C=O) groups is 1. The predicted molar refractivity (Wildman–Crippen MR) is 116 cm³/mol. The van der Waals surface area contributed by atoms with Crippen molar-refractivity contribution in [3.05, 3.63) is 41.3 Å². The number of fused-ring (bicyclic) bond motifs is 1. The smallest absolute Gasteiger partial charge is 0.252 e. The van der Waals surface area contributed by atoms with Crippen molar-refractivity contribution in [2.75, 3.05) is 30.8 Å². The normalized spacial score (nSPS) is 18.9. The molecule has 7 nitrogen and oxygen atoms in total. The summed E-state index contributed by atoms with van der Waals surface area (Å²) in [6.07, 6.45) is 3.66. The molecular formula is C20H24N2O5S3. The van der Waals surface area contributed by atoms with Gasteiger partial charge in [-0.25, -0.2) is 16.8 Å². The molecule has 162 valence electrons. The monoisotopic (exact) mass is 468 g/mol. The third-order valence-electron chi connectivity index (χ3n) is 5.76. The highest BCUT2D eigenvalue weighted by atomic mass is 32.2. The minimum absolute atomic E-state index is 0.00349. The van der Waals surface area contributed by atoms with Crippen molar-refractivity contribution in [2.45, 2.75) is 34.8 Å². The molecule has 30 heavy (non-hydrogen) atoms. The second-order valence-electron chi connectivity index (χ2n) is 7.77. The number of carbonyl (C=O) groups excluding carboxylic acids is 1. The fraction of sp³-hybridized carbons (Fsp3) is 0.450. The minimum atomic E-state index is -3.49. The van der Waals surface area contributed by atoms with Gasteiger partial charge in [-0.2, -0.15) is 4.31 Å². The van der Waals surface area contributed by atoms with Gasteiger partial charge in [-0.1, -0.05) is 6.07 Å². The quantitative estimate of drug-likeness (QED) is 0.688. The van der Waals surface area contributed by atoms with Crippen molar-refractivity contribution in [2.24, 2.45) is 5.92 Å². The van der Waals surface area contributed by atoms with Crippen LogP contribution in [0.2, 0.25) is 0 Å². The van der Waals surface area contributed by atoms with E-state index in [-0.39, 0.29) is 16.7 Å². The van der Waals surface area contributed by atoms with Crippen LogP contribution in [0.4, 0.5) is 5.69 Å².